The fourth-order valence-electron chi connectivity index (χ4n) is 2.74. The summed E-state index contributed by atoms with van der Waals surface area (Å²) in [6, 6.07) is 14.3. The first-order valence-corrected chi connectivity index (χ1v) is 10.1. The Morgan fingerprint density at radius 2 is 1.79 bits per heavy atom. The Bertz CT molecular complexity index is 967. The minimum atomic E-state index is -0.194. The normalized spacial score (nSPS) is 10.5. The molecule has 0 spiro atoms. The molecule has 1 heterocycles. The maximum atomic E-state index is 12.4. The van der Waals surface area contributed by atoms with Gasteiger partial charge in [0.05, 0.1) is 5.01 Å². The summed E-state index contributed by atoms with van der Waals surface area (Å²) in [4.78, 5) is 29.2. The van der Waals surface area contributed by atoms with E-state index in [1.807, 2.05) is 43.5 Å². The Morgan fingerprint density at radius 3 is 2.50 bits per heavy atom. The van der Waals surface area contributed by atoms with Crippen LogP contribution in [0.25, 0.3) is 0 Å². The lowest BCUT2D eigenvalue weighted by Crippen LogP contribution is -2.25. The van der Waals surface area contributed by atoms with Gasteiger partial charge in [-0.15, -0.1) is 11.3 Å². The standard InChI is InChI=1S/C22H23N3O2S/c1-15-10-11-18(13-19(15)25-22(27)17-7-4-3-5-8-17)21(26)23-12-6-9-20-24-16(2)14-28-20/h3-5,7-8,10-11,13-14H,6,9,12H2,1-2H3,(H,23,26)(H,25,27). The lowest BCUT2D eigenvalue weighted by Gasteiger charge is -2.11. The summed E-state index contributed by atoms with van der Waals surface area (Å²) in [6.45, 7) is 4.46. The third kappa shape index (κ3) is 5.27. The number of nitrogens with zero attached hydrogens (tertiary/aromatic N) is 1. The number of anilines is 1. The molecule has 1 aromatic heterocycles. The molecule has 0 atom stereocenters. The monoisotopic (exact) mass is 393 g/mol. The highest BCUT2D eigenvalue weighted by Crippen LogP contribution is 2.18. The van der Waals surface area contributed by atoms with Gasteiger partial charge in [-0.25, -0.2) is 4.98 Å². The van der Waals surface area contributed by atoms with E-state index in [2.05, 4.69) is 15.6 Å². The predicted octanol–water partition coefficient (Wildman–Crippen LogP) is 4.37. The van der Waals surface area contributed by atoms with Crippen LogP contribution in [0.5, 0.6) is 0 Å². The zero-order valence-electron chi connectivity index (χ0n) is 16.0. The van der Waals surface area contributed by atoms with Crippen LogP contribution in [0.2, 0.25) is 0 Å². The third-order valence-electron chi connectivity index (χ3n) is 4.30. The summed E-state index contributed by atoms with van der Waals surface area (Å²) in [6.07, 6.45) is 1.69. The molecule has 0 unspecified atom stereocenters. The maximum absolute atomic E-state index is 12.4. The van der Waals surface area contributed by atoms with Gasteiger partial charge in [0.25, 0.3) is 11.8 Å². The highest BCUT2D eigenvalue weighted by molar-refractivity contribution is 7.09. The van der Waals surface area contributed by atoms with Gasteiger partial charge in [-0.3, -0.25) is 9.59 Å². The van der Waals surface area contributed by atoms with Gasteiger partial charge < -0.3 is 10.6 Å². The zero-order chi connectivity index (χ0) is 19.9. The Kier molecular flexibility index (Phi) is 6.55. The molecule has 0 bridgehead atoms. The Hall–Kier alpha value is -2.99. The maximum Gasteiger partial charge on any atom is 0.255 e. The second-order valence-corrected chi connectivity index (χ2v) is 7.53. The Labute approximate surface area is 168 Å². The van der Waals surface area contributed by atoms with E-state index in [1.54, 1.807) is 35.6 Å². The summed E-state index contributed by atoms with van der Waals surface area (Å²) in [5, 5.41) is 8.94. The molecule has 3 aromatic rings. The lowest BCUT2D eigenvalue weighted by molar-refractivity contribution is 0.0951. The number of aryl methyl sites for hydroxylation is 3. The van der Waals surface area contributed by atoms with Gasteiger partial charge in [0, 0.05) is 40.9 Å². The number of carbonyl (C=O) groups is 2. The zero-order valence-corrected chi connectivity index (χ0v) is 16.8. The molecule has 2 aromatic carbocycles. The van der Waals surface area contributed by atoms with Crippen molar-refractivity contribution in [1.82, 2.24) is 10.3 Å². The topological polar surface area (TPSA) is 71.1 Å². The van der Waals surface area contributed by atoms with Gasteiger partial charge in [-0.2, -0.15) is 0 Å². The van der Waals surface area contributed by atoms with Crippen molar-refractivity contribution >= 4 is 28.8 Å². The number of nitrogens with one attached hydrogen (secondary N) is 2. The molecule has 0 aliphatic heterocycles. The number of aromatic nitrogens is 1. The highest BCUT2D eigenvalue weighted by atomic mass is 32.1. The van der Waals surface area contributed by atoms with E-state index in [0.29, 0.717) is 23.4 Å². The molecule has 0 aliphatic carbocycles. The Morgan fingerprint density at radius 1 is 1.00 bits per heavy atom. The second-order valence-electron chi connectivity index (χ2n) is 6.59. The molecule has 2 N–H and O–H groups in total. The summed E-state index contributed by atoms with van der Waals surface area (Å²) < 4.78 is 0. The van der Waals surface area contributed by atoms with Crippen LogP contribution in [0.1, 0.15) is 43.4 Å². The van der Waals surface area contributed by atoms with Gasteiger partial charge in [0.1, 0.15) is 0 Å². The molecule has 5 nitrogen and oxygen atoms in total. The molecule has 0 fully saturated rings. The number of hydrogen-bond donors (Lipinski definition) is 2. The van der Waals surface area contributed by atoms with Crippen molar-refractivity contribution in [2.45, 2.75) is 26.7 Å². The summed E-state index contributed by atoms with van der Waals surface area (Å²) >= 11 is 1.65. The average molecular weight is 394 g/mol. The SMILES string of the molecule is Cc1csc(CCCNC(=O)c2ccc(C)c(NC(=O)c3ccccc3)c2)n1. The van der Waals surface area contributed by atoms with Crippen LogP contribution in [0.3, 0.4) is 0 Å². The lowest BCUT2D eigenvalue weighted by atomic mass is 10.1. The molecule has 0 saturated carbocycles. The molecule has 3 rings (SSSR count). The third-order valence-corrected chi connectivity index (χ3v) is 5.33. The van der Waals surface area contributed by atoms with E-state index in [9.17, 15) is 9.59 Å². The van der Waals surface area contributed by atoms with Crippen LogP contribution < -0.4 is 10.6 Å². The molecule has 6 heteroatoms. The molecule has 144 valence electrons. The fourth-order valence-corrected chi connectivity index (χ4v) is 3.56. The van der Waals surface area contributed by atoms with Crippen molar-refractivity contribution in [1.29, 1.82) is 0 Å². The molecular weight excluding hydrogens is 370 g/mol. The van der Waals surface area contributed by atoms with Crippen LogP contribution in [0.15, 0.2) is 53.9 Å². The van der Waals surface area contributed by atoms with Crippen molar-refractivity contribution in [2.24, 2.45) is 0 Å². The smallest absolute Gasteiger partial charge is 0.255 e. The first-order chi connectivity index (χ1) is 13.5. The van der Waals surface area contributed by atoms with Crippen molar-refractivity contribution in [3.8, 4) is 0 Å². The minimum absolute atomic E-state index is 0.148. The first-order valence-electron chi connectivity index (χ1n) is 9.19. The van der Waals surface area contributed by atoms with Crippen LogP contribution >= 0.6 is 11.3 Å². The molecule has 0 saturated heterocycles. The molecule has 0 aliphatic rings. The van der Waals surface area contributed by atoms with Gasteiger partial charge in [0.15, 0.2) is 0 Å². The van der Waals surface area contributed by atoms with Gasteiger partial charge in [-0.05, 0) is 50.1 Å². The van der Waals surface area contributed by atoms with Gasteiger partial charge >= 0.3 is 0 Å². The number of amides is 2. The second kappa shape index (κ2) is 9.28. The van der Waals surface area contributed by atoms with E-state index in [1.165, 1.54) is 0 Å². The van der Waals surface area contributed by atoms with Crippen LogP contribution in [-0.2, 0) is 6.42 Å². The van der Waals surface area contributed by atoms with Crippen molar-refractivity contribution in [3.63, 3.8) is 0 Å². The summed E-state index contributed by atoms with van der Waals surface area (Å²) in [5.74, 6) is -0.342. The van der Waals surface area contributed by atoms with E-state index < -0.39 is 0 Å². The highest BCUT2D eigenvalue weighted by Gasteiger charge is 2.11. The van der Waals surface area contributed by atoms with Crippen molar-refractivity contribution in [3.05, 3.63) is 81.3 Å². The van der Waals surface area contributed by atoms with E-state index >= 15 is 0 Å². The van der Waals surface area contributed by atoms with Crippen LogP contribution in [-0.4, -0.2) is 23.3 Å². The first kappa shape index (κ1) is 19.8. The van der Waals surface area contributed by atoms with E-state index in [-0.39, 0.29) is 11.8 Å². The number of thiazole rings is 1. The minimum Gasteiger partial charge on any atom is -0.352 e. The average Bonchev–Trinajstić information content (AvgIpc) is 3.12. The fraction of sp³-hybridized carbons (Fsp3) is 0.227. The Balaban J connectivity index is 1.57. The van der Waals surface area contributed by atoms with Crippen molar-refractivity contribution < 1.29 is 9.59 Å². The van der Waals surface area contributed by atoms with Crippen molar-refractivity contribution in [2.75, 3.05) is 11.9 Å². The molecule has 0 radical (unpaired) electrons. The number of rotatable bonds is 7. The predicted molar refractivity (Wildman–Crippen MR) is 113 cm³/mol. The number of carbonyl (C=O) groups excluding carboxylic acids is 2. The summed E-state index contributed by atoms with van der Waals surface area (Å²) in [5.41, 5.74) is 3.68. The van der Waals surface area contributed by atoms with Crippen LogP contribution in [0.4, 0.5) is 5.69 Å². The van der Waals surface area contributed by atoms with E-state index in [0.717, 1.165) is 29.1 Å². The number of benzene rings is 2. The summed E-state index contributed by atoms with van der Waals surface area (Å²) in [7, 11) is 0. The van der Waals surface area contributed by atoms with Gasteiger partial charge in [0.2, 0.25) is 0 Å². The van der Waals surface area contributed by atoms with Crippen LogP contribution in [0, 0.1) is 13.8 Å². The quantitative estimate of drug-likeness (QED) is 0.586. The molecule has 28 heavy (non-hydrogen) atoms. The molecular formula is C22H23N3O2S. The number of hydrogen-bond acceptors (Lipinski definition) is 4. The van der Waals surface area contributed by atoms with Gasteiger partial charge in [-0.1, -0.05) is 24.3 Å². The van der Waals surface area contributed by atoms with E-state index in [4.69, 9.17) is 0 Å². The largest absolute Gasteiger partial charge is 0.352 e. The molecule has 2 amide bonds.